The minimum absolute atomic E-state index is 0.280. The topological polar surface area (TPSA) is 74.8 Å². The third kappa shape index (κ3) is 2.39. The number of nitrogens with one attached hydrogen (secondary N) is 2. The molecule has 0 aliphatic rings. The molecule has 0 unspecified atom stereocenters. The van der Waals surface area contributed by atoms with Crippen LogP contribution >= 0.6 is 11.3 Å². The highest BCUT2D eigenvalue weighted by molar-refractivity contribution is 7.19. The number of carbonyl (C=O) groups excluding carboxylic acids is 1. The van der Waals surface area contributed by atoms with Crippen LogP contribution in [0.15, 0.2) is 29.3 Å². The van der Waals surface area contributed by atoms with Gasteiger partial charge in [0.25, 0.3) is 11.5 Å². The predicted octanol–water partition coefficient (Wildman–Crippen LogP) is 2.99. The maximum atomic E-state index is 13.1. The highest BCUT2D eigenvalue weighted by Crippen LogP contribution is 2.27. The number of fused-ring (bicyclic) bond motifs is 1. The lowest BCUT2D eigenvalue weighted by molar-refractivity contribution is 0.102. The van der Waals surface area contributed by atoms with E-state index in [4.69, 9.17) is 0 Å². The average molecular weight is 317 g/mol. The van der Waals surface area contributed by atoms with E-state index in [9.17, 15) is 14.0 Å². The monoisotopic (exact) mass is 317 g/mol. The molecule has 112 valence electrons. The number of benzene rings is 1. The van der Waals surface area contributed by atoms with Gasteiger partial charge in [-0.2, -0.15) is 0 Å². The number of rotatable bonds is 2. The first-order valence-corrected chi connectivity index (χ1v) is 7.33. The summed E-state index contributed by atoms with van der Waals surface area (Å²) in [4.78, 5) is 32.3. The van der Waals surface area contributed by atoms with Crippen LogP contribution in [0.25, 0.3) is 10.2 Å². The van der Waals surface area contributed by atoms with Crippen molar-refractivity contribution in [1.82, 2.24) is 9.97 Å². The molecule has 0 atom stereocenters. The number of thiophene rings is 1. The third-order valence-corrected chi connectivity index (χ3v) is 4.35. The minimum Gasteiger partial charge on any atom is -0.322 e. The molecular weight excluding hydrogens is 305 g/mol. The van der Waals surface area contributed by atoms with Crippen LogP contribution in [-0.2, 0) is 0 Å². The van der Waals surface area contributed by atoms with Crippen molar-refractivity contribution in [3.8, 4) is 0 Å². The molecule has 3 rings (SSSR count). The van der Waals surface area contributed by atoms with Crippen molar-refractivity contribution in [3.63, 3.8) is 0 Å². The highest BCUT2D eigenvalue weighted by Gasteiger charge is 2.20. The standard InChI is InChI=1S/C15H12FN3O2S/c1-7-5-9(16)3-4-10(7)19-14(21)11-8(2)22-15-12(11)13(20)17-6-18-15/h3-6H,1-2H3,(H,19,21)(H,17,18,20). The fourth-order valence-electron chi connectivity index (χ4n) is 2.28. The Labute approximate surface area is 128 Å². The summed E-state index contributed by atoms with van der Waals surface area (Å²) in [5, 5.41) is 3.00. The number of anilines is 1. The molecule has 2 N–H and O–H groups in total. The van der Waals surface area contributed by atoms with Gasteiger partial charge in [-0.05, 0) is 37.6 Å². The van der Waals surface area contributed by atoms with Gasteiger partial charge in [-0.25, -0.2) is 9.37 Å². The van der Waals surface area contributed by atoms with E-state index in [1.54, 1.807) is 13.8 Å². The van der Waals surface area contributed by atoms with Crippen molar-refractivity contribution in [3.05, 3.63) is 56.7 Å². The summed E-state index contributed by atoms with van der Waals surface area (Å²) in [6.45, 7) is 3.46. The number of amides is 1. The van der Waals surface area contributed by atoms with E-state index in [-0.39, 0.29) is 16.8 Å². The van der Waals surface area contributed by atoms with Crippen LogP contribution in [0.3, 0.4) is 0 Å². The number of hydrogen-bond acceptors (Lipinski definition) is 4. The van der Waals surface area contributed by atoms with Gasteiger partial charge in [0.15, 0.2) is 0 Å². The number of hydrogen-bond donors (Lipinski definition) is 2. The Balaban J connectivity index is 2.06. The summed E-state index contributed by atoms with van der Waals surface area (Å²) in [7, 11) is 0. The first kappa shape index (κ1) is 14.4. The van der Waals surface area contributed by atoms with Gasteiger partial charge in [-0.1, -0.05) is 0 Å². The molecule has 1 amide bonds. The lowest BCUT2D eigenvalue weighted by atomic mass is 10.1. The second-order valence-electron chi connectivity index (χ2n) is 4.86. The zero-order valence-electron chi connectivity index (χ0n) is 11.9. The van der Waals surface area contributed by atoms with E-state index >= 15 is 0 Å². The average Bonchev–Trinajstić information content (AvgIpc) is 2.79. The summed E-state index contributed by atoms with van der Waals surface area (Å²) in [5.41, 5.74) is 1.07. The Morgan fingerprint density at radius 1 is 1.36 bits per heavy atom. The largest absolute Gasteiger partial charge is 0.322 e. The first-order chi connectivity index (χ1) is 10.5. The van der Waals surface area contributed by atoms with Gasteiger partial charge in [0.2, 0.25) is 0 Å². The SMILES string of the molecule is Cc1cc(F)ccc1NC(=O)c1c(C)sc2nc[nH]c(=O)c12. The second-order valence-corrected chi connectivity index (χ2v) is 6.06. The van der Waals surface area contributed by atoms with Crippen molar-refractivity contribution < 1.29 is 9.18 Å². The Morgan fingerprint density at radius 2 is 2.14 bits per heavy atom. The van der Waals surface area contributed by atoms with Gasteiger partial charge >= 0.3 is 0 Å². The molecule has 1 aromatic carbocycles. The highest BCUT2D eigenvalue weighted by atomic mass is 32.1. The van der Waals surface area contributed by atoms with Crippen LogP contribution in [0.5, 0.6) is 0 Å². The number of nitrogens with zero attached hydrogens (tertiary/aromatic N) is 1. The Bertz CT molecular complexity index is 946. The second kappa shape index (κ2) is 5.34. The fraction of sp³-hybridized carbons (Fsp3) is 0.133. The smallest absolute Gasteiger partial charge is 0.260 e. The summed E-state index contributed by atoms with van der Waals surface area (Å²) in [6.07, 6.45) is 1.31. The summed E-state index contributed by atoms with van der Waals surface area (Å²) < 4.78 is 13.1. The molecule has 0 bridgehead atoms. The lowest BCUT2D eigenvalue weighted by Crippen LogP contribution is -2.16. The quantitative estimate of drug-likeness (QED) is 0.763. The van der Waals surface area contributed by atoms with Crippen LogP contribution in [0.1, 0.15) is 20.8 Å². The molecule has 7 heteroatoms. The molecule has 0 aliphatic heterocycles. The van der Waals surface area contributed by atoms with Crippen molar-refractivity contribution >= 4 is 33.1 Å². The number of carbonyl (C=O) groups is 1. The molecule has 0 aliphatic carbocycles. The molecule has 0 fully saturated rings. The van der Waals surface area contributed by atoms with Gasteiger partial charge in [0.1, 0.15) is 10.6 Å². The van der Waals surface area contributed by atoms with Crippen LogP contribution in [0, 0.1) is 19.7 Å². The zero-order valence-corrected chi connectivity index (χ0v) is 12.7. The van der Waals surface area contributed by atoms with E-state index < -0.39 is 5.91 Å². The Morgan fingerprint density at radius 3 is 2.86 bits per heavy atom. The molecule has 2 heterocycles. The molecular formula is C15H12FN3O2S. The van der Waals surface area contributed by atoms with Gasteiger partial charge in [0.05, 0.1) is 17.3 Å². The minimum atomic E-state index is -0.406. The van der Waals surface area contributed by atoms with E-state index in [2.05, 4.69) is 15.3 Å². The molecule has 3 aromatic rings. The van der Waals surface area contributed by atoms with Gasteiger partial charge < -0.3 is 10.3 Å². The normalized spacial score (nSPS) is 10.9. The lowest BCUT2D eigenvalue weighted by Gasteiger charge is -2.08. The number of aromatic nitrogens is 2. The van der Waals surface area contributed by atoms with Gasteiger partial charge in [-0.3, -0.25) is 9.59 Å². The molecule has 22 heavy (non-hydrogen) atoms. The van der Waals surface area contributed by atoms with Crippen molar-refractivity contribution in [1.29, 1.82) is 0 Å². The molecule has 5 nitrogen and oxygen atoms in total. The first-order valence-electron chi connectivity index (χ1n) is 6.51. The third-order valence-electron chi connectivity index (χ3n) is 3.33. The Hall–Kier alpha value is -2.54. The summed E-state index contributed by atoms with van der Waals surface area (Å²) >= 11 is 1.29. The van der Waals surface area contributed by atoms with Gasteiger partial charge in [-0.15, -0.1) is 11.3 Å². The molecule has 0 spiro atoms. The van der Waals surface area contributed by atoms with Crippen LogP contribution in [0.4, 0.5) is 10.1 Å². The van der Waals surface area contributed by atoms with Crippen molar-refractivity contribution in [2.75, 3.05) is 5.32 Å². The number of halogens is 1. The van der Waals surface area contributed by atoms with Crippen LogP contribution in [-0.4, -0.2) is 15.9 Å². The van der Waals surface area contributed by atoms with E-state index in [0.717, 1.165) is 0 Å². The number of H-pyrrole nitrogens is 1. The number of aromatic amines is 1. The van der Waals surface area contributed by atoms with E-state index in [1.165, 1.54) is 35.9 Å². The maximum Gasteiger partial charge on any atom is 0.260 e. The van der Waals surface area contributed by atoms with Crippen LogP contribution in [0.2, 0.25) is 0 Å². The molecule has 0 saturated carbocycles. The van der Waals surface area contributed by atoms with Gasteiger partial charge in [0, 0.05) is 10.6 Å². The summed E-state index contributed by atoms with van der Waals surface area (Å²) in [5.74, 6) is -0.773. The van der Waals surface area contributed by atoms with Crippen molar-refractivity contribution in [2.24, 2.45) is 0 Å². The molecule has 0 saturated heterocycles. The molecule has 2 aromatic heterocycles. The fourth-order valence-corrected chi connectivity index (χ4v) is 3.27. The summed E-state index contributed by atoms with van der Waals surface area (Å²) in [6, 6.07) is 4.10. The zero-order chi connectivity index (χ0) is 15.9. The van der Waals surface area contributed by atoms with Crippen molar-refractivity contribution in [2.45, 2.75) is 13.8 Å². The Kier molecular flexibility index (Phi) is 3.50. The maximum absolute atomic E-state index is 13.1. The van der Waals surface area contributed by atoms with Crippen LogP contribution < -0.4 is 10.9 Å². The molecule has 0 radical (unpaired) electrons. The number of aryl methyl sites for hydroxylation is 2. The van der Waals surface area contributed by atoms with E-state index in [0.29, 0.717) is 26.5 Å². The van der Waals surface area contributed by atoms with E-state index in [1.807, 2.05) is 0 Å². The predicted molar refractivity (Wildman–Crippen MR) is 84.1 cm³/mol.